The van der Waals surface area contributed by atoms with Gasteiger partial charge >= 0.3 is 0 Å². The number of hydrogen-bond acceptors (Lipinski definition) is 7. The average Bonchev–Trinajstić information content (AvgIpc) is 2.82. The van der Waals surface area contributed by atoms with Crippen LogP contribution in [0.4, 0.5) is 5.82 Å². The van der Waals surface area contributed by atoms with E-state index in [9.17, 15) is 0 Å². The second kappa shape index (κ2) is 7.78. The number of morpholine rings is 1. The molecule has 0 aromatic carbocycles. The molecule has 2 aromatic heterocycles. The standard InChI is InChI=1S/C18H26N4OS2/c1-13-14(2)25-18-16(13)17(22-4-3-10-24-11-7-22)19-15(20-18)12-21-5-8-23-9-6-21/h3-12H2,1-2H3. The van der Waals surface area contributed by atoms with E-state index in [1.807, 2.05) is 11.3 Å². The summed E-state index contributed by atoms with van der Waals surface area (Å²) in [5.74, 6) is 4.57. The van der Waals surface area contributed by atoms with E-state index in [0.29, 0.717) is 0 Å². The first-order valence-electron chi connectivity index (χ1n) is 9.12. The van der Waals surface area contributed by atoms with Crippen molar-refractivity contribution in [2.24, 2.45) is 0 Å². The Kier molecular flexibility index (Phi) is 5.45. The van der Waals surface area contributed by atoms with Crippen molar-refractivity contribution in [3.63, 3.8) is 0 Å². The Morgan fingerprint density at radius 2 is 1.88 bits per heavy atom. The summed E-state index contributed by atoms with van der Waals surface area (Å²) in [6.07, 6.45) is 1.23. The Balaban J connectivity index is 1.72. The topological polar surface area (TPSA) is 41.5 Å². The minimum absolute atomic E-state index is 0.815. The van der Waals surface area contributed by atoms with Crippen LogP contribution in [-0.4, -0.2) is 65.8 Å². The largest absolute Gasteiger partial charge is 0.379 e. The first-order chi connectivity index (χ1) is 12.2. The van der Waals surface area contributed by atoms with Gasteiger partial charge in [-0.05, 0) is 31.6 Å². The van der Waals surface area contributed by atoms with Crippen molar-refractivity contribution < 1.29 is 4.74 Å². The molecule has 0 atom stereocenters. The molecule has 5 nitrogen and oxygen atoms in total. The molecular weight excluding hydrogens is 352 g/mol. The van der Waals surface area contributed by atoms with Gasteiger partial charge < -0.3 is 9.64 Å². The highest BCUT2D eigenvalue weighted by Crippen LogP contribution is 2.35. The van der Waals surface area contributed by atoms with Gasteiger partial charge in [0.25, 0.3) is 0 Å². The molecular formula is C18H26N4OS2. The van der Waals surface area contributed by atoms with Crippen molar-refractivity contribution in [1.82, 2.24) is 14.9 Å². The summed E-state index contributed by atoms with van der Waals surface area (Å²) in [5, 5.41) is 1.28. The van der Waals surface area contributed by atoms with Gasteiger partial charge in [0.2, 0.25) is 0 Å². The molecule has 0 aliphatic carbocycles. The SMILES string of the molecule is Cc1sc2nc(CN3CCOCC3)nc(N3CCCSCC3)c2c1C. The van der Waals surface area contributed by atoms with Crippen LogP contribution in [0.2, 0.25) is 0 Å². The Bertz CT molecular complexity index is 734. The van der Waals surface area contributed by atoms with Crippen LogP contribution in [0.1, 0.15) is 22.7 Å². The Morgan fingerprint density at radius 3 is 2.72 bits per heavy atom. The molecule has 4 rings (SSSR count). The van der Waals surface area contributed by atoms with Crippen molar-refractivity contribution in [3.8, 4) is 0 Å². The number of fused-ring (bicyclic) bond motifs is 1. The van der Waals surface area contributed by atoms with E-state index in [0.717, 1.165) is 62.4 Å². The van der Waals surface area contributed by atoms with E-state index in [4.69, 9.17) is 14.7 Å². The summed E-state index contributed by atoms with van der Waals surface area (Å²) in [6.45, 7) is 11.0. The zero-order valence-corrected chi connectivity index (χ0v) is 16.7. The van der Waals surface area contributed by atoms with Crippen molar-refractivity contribution in [2.75, 3.05) is 55.8 Å². The summed E-state index contributed by atoms with van der Waals surface area (Å²) in [5.41, 5.74) is 1.35. The van der Waals surface area contributed by atoms with Crippen LogP contribution in [0.3, 0.4) is 0 Å². The molecule has 0 spiro atoms. The Hall–Kier alpha value is -0.890. The minimum Gasteiger partial charge on any atom is -0.379 e. The number of thioether (sulfide) groups is 1. The van der Waals surface area contributed by atoms with Crippen LogP contribution in [0.5, 0.6) is 0 Å². The smallest absolute Gasteiger partial charge is 0.146 e. The van der Waals surface area contributed by atoms with Crippen LogP contribution in [-0.2, 0) is 11.3 Å². The van der Waals surface area contributed by atoms with E-state index < -0.39 is 0 Å². The second-order valence-electron chi connectivity index (χ2n) is 6.77. The fourth-order valence-corrected chi connectivity index (χ4v) is 5.42. The zero-order chi connectivity index (χ0) is 17.2. The van der Waals surface area contributed by atoms with E-state index in [-0.39, 0.29) is 0 Å². The van der Waals surface area contributed by atoms with Crippen LogP contribution >= 0.6 is 23.1 Å². The van der Waals surface area contributed by atoms with Gasteiger partial charge in [-0.15, -0.1) is 11.3 Å². The number of nitrogens with zero attached hydrogens (tertiary/aromatic N) is 4. The summed E-state index contributed by atoms with van der Waals surface area (Å²) >= 11 is 3.87. The lowest BCUT2D eigenvalue weighted by Crippen LogP contribution is -2.36. The van der Waals surface area contributed by atoms with Crippen molar-refractivity contribution >= 4 is 39.1 Å². The van der Waals surface area contributed by atoms with Crippen molar-refractivity contribution in [3.05, 3.63) is 16.3 Å². The predicted octanol–water partition coefficient (Wildman–Crippen LogP) is 3.08. The molecule has 2 aliphatic rings. The van der Waals surface area contributed by atoms with Crippen molar-refractivity contribution in [1.29, 1.82) is 0 Å². The lowest BCUT2D eigenvalue weighted by atomic mass is 10.2. The van der Waals surface area contributed by atoms with Crippen LogP contribution < -0.4 is 4.90 Å². The Labute approximate surface area is 157 Å². The van der Waals surface area contributed by atoms with Crippen molar-refractivity contribution in [2.45, 2.75) is 26.8 Å². The highest BCUT2D eigenvalue weighted by Gasteiger charge is 2.21. The first-order valence-corrected chi connectivity index (χ1v) is 11.1. The second-order valence-corrected chi connectivity index (χ2v) is 9.20. The predicted molar refractivity (Wildman–Crippen MR) is 107 cm³/mol. The van der Waals surface area contributed by atoms with Crippen LogP contribution in [0.25, 0.3) is 10.2 Å². The van der Waals surface area contributed by atoms with E-state index in [1.54, 1.807) is 0 Å². The molecule has 4 heterocycles. The fraction of sp³-hybridized carbons (Fsp3) is 0.667. The van der Waals surface area contributed by atoms with Gasteiger partial charge in [0.15, 0.2) is 0 Å². The number of thiophene rings is 1. The van der Waals surface area contributed by atoms with E-state index >= 15 is 0 Å². The number of anilines is 1. The highest BCUT2D eigenvalue weighted by molar-refractivity contribution is 7.99. The molecule has 7 heteroatoms. The molecule has 0 radical (unpaired) electrons. The summed E-state index contributed by atoms with van der Waals surface area (Å²) in [4.78, 5) is 17.4. The van der Waals surface area contributed by atoms with Gasteiger partial charge in [-0.3, -0.25) is 4.90 Å². The van der Waals surface area contributed by atoms with Gasteiger partial charge in [-0.2, -0.15) is 11.8 Å². The molecule has 0 amide bonds. The molecule has 0 unspecified atom stereocenters. The lowest BCUT2D eigenvalue weighted by Gasteiger charge is -2.27. The lowest BCUT2D eigenvalue weighted by molar-refractivity contribution is 0.0331. The summed E-state index contributed by atoms with van der Waals surface area (Å²) in [7, 11) is 0. The zero-order valence-electron chi connectivity index (χ0n) is 15.1. The molecule has 136 valence electrons. The third-order valence-electron chi connectivity index (χ3n) is 5.05. The molecule has 25 heavy (non-hydrogen) atoms. The van der Waals surface area contributed by atoms with Gasteiger partial charge in [0, 0.05) is 36.8 Å². The summed E-state index contributed by atoms with van der Waals surface area (Å²) in [6, 6.07) is 0. The van der Waals surface area contributed by atoms with E-state index in [2.05, 4.69) is 35.4 Å². The molecule has 0 bridgehead atoms. The number of aromatic nitrogens is 2. The number of aryl methyl sites for hydroxylation is 2. The summed E-state index contributed by atoms with van der Waals surface area (Å²) < 4.78 is 5.47. The van der Waals surface area contributed by atoms with Gasteiger partial charge in [-0.1, -0.05) is 0 Å². The molecule has 2 aromatic rings. The van der Waals surface area contributed by atoms with Crippen LogP contribution in [0, 0.1) is 13.8 Å². The van der Waals surface area contributed by atoms with E-state index in [1.165, 1.54) is 33.8 Å². The number of hydrogen-bond donors (Lipinski definition) is 0. The molecule has 0 N–H and O–H groups in total. The molecule has 2 fully saturated rings. The molecule has 0 saturated carbocycles. The normalized spacial score (nSPS) is 20.2. The van der Waals surface area contributed by atoms with Gasteiger partial charge in [0.1, 0.15) is 16.5 Å². The van der Waals surface area contributed by atoms with Gasteiger partial charge in [0.05, 0.1) is 25.1 Å². The van der Waals surface area contributed by atoms with Gasteiger partial charge in [-0.25, -0.2) is 9.97 Å². The minimum atomic E-state index is 0.815. The Morgan fingerprint density at radius 1 is 1.04 bits per heavy atom. The fourth-order valence-electron chi connectivity index (χ4n) is 3.49. The molecule has 2 aliphatic heterocycles. The number of ether oxygens (including phenoxy) is 1. The maximum absolute atomic E-state index is 5.47. The maximum Gasteiger partial charge on any atom is 0.146 e. The quantitative estimate of drug-likeness (QED) is 0.818. The number of rotatable bonds is 3. The third kappa shape index (κ3) is 3.79. The monoisotopic (exact) mass is 378 g/mol. The average molecular weight is 379 g/mol. The third-order valence-corrected chi connectivity index (χ3v) is 7.20. The van der Waals surface area contributed by atoms with Crippen LogP contribution in [0.15, 0.2) is 0 Å². The molecule has 2 saturated heterocycles. The maximum atomic E-state index is 5.47. The highest BCUT2D eigenvalue weighted by atomic mass is 32.2. The first kappa shape index (κ1) is 17.5.